The number of anilines is 3. The average molecular weight is 496 g/mol. The maximum atomic E-state index is 12.9. The van der Waals surface area contributed by atoms with Crippen molar-refractivity contribution in [1.82, 2.24) is 0 Å². The van der Waals surface area contributed by atoms with E-state index in [2.05, 4.69) is 31.5 Å². The maximum Gasteiger partial charge on any atom is 0.237 e. The molecule has 0 spiro atoms. The van der Waals surface area contributed by atoms with Gasteiger partial charge >= 0.3 is 0 Å². The molecule has 160 valence electrons. The van der Waals surface area contributed by atoms with Crippen molar-refractivity contribution in [1.29, 1.82) is 0 Å². The number of ether oxygens (including phenoxy) is 1. The molecule has 0 bridgehead atoms. The van der Waals surface area contributed by atoms with Gasteiger partial charge in [0.25, 0.3) is 0 Å². The summed E-state index contributed by atoms with van der Waals surface area (Å²) in [6.07, 6.45) is 0. The van der Waals surface area contributed by atoms with Crippen LogP contribution in [0.3, 0.4) is 0 Å². The molecule has 0 aromatic heterocycles. The topological polar surface area (TPSA) is 70.7 Å². The van der Waals surface area contributed by atoms with Crippen LogP contribution in [0.5, 0.6) is 0 Å². The minimum atomic E-state index is -0.430. The highest BCUT2D eigenvalue weighted by Crippen LogP contribution is 2.30. The number of hydrogen-bond acceptors (Lipinski definition) is 5. The smallest absolute Gasteiger partial charge is 0.237 e. The van der Waals surface area contributed by atoms with Gasteiger partial charge in [-0.25, -0.2) is 4.39 Å². The Kier molecular flexibility index (Phi) is 8.12. The van der Waals surface area contributed by atoms with Crippen LogP contribution in [0, 0.1) is 5.82 Å². The van der Waals surface area contributed by atoms with Crippen LogP contribution in [-0.2, 0) is 14.3 Å². The van der Waals surface area contributed by atoms with E-state index in [0.29, 0.717) is 18.9 Å². The lowest BCUT2D eigenvalue weighted by atomic mass is 10.2. The first kappa shape index (κ1) is 22.6. The molecule has 1 unspecified atom stereocenters. The summed E-state index contributed by atoms with van der Waals surface area (Å²) in [6, 6.07) is 11.3. The highest BCUT2D eigenvalue weighted by molar-refractivity contribution is 9.10. The molecule has 1 heterocycles. The van der Waals surface area contributed by atoms with Crippen molar-refractivity contribution >= 4 is 56.6 Å². The number of hydrogen-bond donors (Lipinski definition) is 2. The molecule has 1 aliphatic rings. The second-order valence-corrected chi connectivity index (χ2v) is 9.00. The van der Waals surface area contributed by atoms with Crippen LogP contribution in [0.15, 0.2) is 46.9 Å². The van der Waals surface area contributed by atoms with Crippen molar-refractivity contribution < 1.29 is 18.7 Å². The number of benzene rings is 2. The first-order valence-corrected chi connectivity index (χ1v) is 11.4. The molecule has 9 heteroatoms. The fourth-order valence-corrected chi connectivity index (χ4v) is 3.97. The zero-order chi connectivity index (χ0) is 21.5. The molecule has 2 aromatic rings. The van der Waals surface area contributed by atoms with E-state index in [1.54, 1.807) is 6.92 Å². The monoisotopic (exact) mass is 495 g/mol. The van der Waals surface area contributed by atoms with Gasteiger partial charge in [0.1, 0.15) is 5.82 Å². The number of halogens is 2. The molecule has 30 heavy (non-hydrogen) atoms. The Morgan fingerprint density at radius 1 is 1.17 bits per heavy atom. The van der Waals surface area contributed by atoms with E-state index in [1.165, 1.54) is 36.0 Å². The number of carbonyl (C=O) groups is 2. The van der Waals surface area contributed by atoms with Crippen LogP contribution < -0.4 is 15.5 Å². The van der Waals surface area contributed by atoms with Crippen LogP contribution in [0.2, 0.25) is 0 Å². The van der Waals surface area contributed by atoms with Crippen LogP contribution in [0.1, 0.15) is 6.92 Å². The van der Waals surface area contributed by atoms with Crippen molar-refractivity contribution in [3.63, 3.8) is 0 Å². The summed E-state index contributed by atoms with van der Waals surface area (Å²) in [7, 11) is 0. The van der Waals surface area contributed by atoms with E-state index in [0.717, 1.165) is 28.9 Å². The third kappa shape index (κ3) is 6.45. The second-order valence-electron chi connectivity index (χ2n) is 6.76. The first-order valence-electron chi connectivity index (χ1n) is 9.52. The summed E-state index contributed by atoms with van der Waals surface area (Å²) in [5.41, 5.74) is 2.18. The summed E-state index contributed by atoms with van der Waals surface area (Å²) < 4.78 is 19.2. The highest BCUT2D eigenvalue weighted by Gasteiger charge is 2.20. The summed E-state index contributed by atoms with van der Waals surface area (Å²) >= 11 is 4.69. The number of rotatable bonds is 7. The van der Waals surface area contributed by atoms with Crippen molar-refractivity contribution in [2.75, 3.05) is 47.6 Å². The molecular weight excluding hydrogens is 473 g/mol. The van der Waals surface area contributed by atoms with Gasteiger partial charge in [-0.2, -0.15) is 0 Å². The summed E-state index contributed by atoms with van der Waals surface area (Å²) in [5.74, 6) is -0.678. The predicted molar refractivity (Wildman–Crippen MR) is 123 cm³/mol. The summed E-state index contributed by atoms with van der Waals surface area (Å²) in [6.45, 7) is 4.59. The Morgan fingerprint density at radius 3 is 2.57 bits per heavy atom. The van der Waals surface area contributed by atoms with Gasteiger partial charge in [0.2, 0.25) is 11.8 Å². The molecule has 3 rings (SSSR count). The summed E-state index contributed by atoms with van der Waals surface area (Å²) in [4.78, 5) is 27.0. The van der Waals surface area contributed by atoms with E-state index >= 15 is 0 Å². The van der Waals surface area contributed by atoms with E-state index in [4.69, 9.17) is 4.74 Å². The quantitative estimate of drug-likeness (QED) is 0.604. The Hall–Kier alpha value is -2.10. The minimum absolute atomic E-state index is 0.112. The van der Waals surface area contributed by atoms with Gasteiger partial charge in [0, 0.05) is 23.2 Å². The number of thioether (sulfide) groups is 1. The van der Waals surface area contributed by atoms with Crippen LogP contribution in [0.4, 0.5) is 21.5 Å². The van der Waals surface area contributed by atoms with Gasteiger partial charge in [-0.1, -0.05) is 15.9 Å². The highest BCUT2D eigenvalue weighted by atomic mass is 79.9. The van der Waals surface area contributed by atoms with Crippen molar-refractivity contribution in [2.45, 2.75) is 12.2 Å². The zero-order valence-corrected chi connectivity index (χ0v) is 18.9. The Labute approximate surface area is 187 Å². The van der Waals surface area contributed by atoms with Crippen molar-refractivity contribution in [3.05, 3.63) is 52.8 Å². The van der Waals surface area contributed by atoms with Gasteiger partial charge in [-0.3, -0.25) is 9.59 Å². The molecule has 2 N–H and O–H groups in total. The molecule has 6 nitrogen and oxygen atoms in total. The van der Waals surface area contributed by atoms with Gasteiger partial charge in [0.15, 0.2) is 0 Å². The van der Waals surface area contributed by atoms with Crippen molar-refractivity contribution in [2.24, 2.45) is 0 Å². The molecule has 1 aliphatic heterocycles. The van der Waals surface area contributed by atoms with Crippen LogP contribution in [-0.4, -0.2) is 49.1 Å². The standard InChI is InChI=1S/C21H23BrFN3O3S/c1-14(30-13-20(27)24-17-5-3-16(23)4-6-17)21(28)25-18-12-15(22)2-7-19(18)26-8-10-29-11-9-26/h2-7,12,14H,8-11,13H2,1H3,(H,24,27)(H,25,28). The van der Waals surface area contributed by atoms with Gasteiger partial charge in [0.05, 0.1) is 35.6 Å². The normalized spacial score (nSPS) is 14.8. The van der Waals surface area contributed by atoms with Crippen molar-refractivity contribution in [3.8, 4) is 0 Å². The van der Waals surface area contributed by atoms with E-state index < -0.39 is 5.25 Å². The van der Waals surface area contributed by atoms with Crippen LogP contribution in [0.25, 0.3) is 0 Å². The number of amides is 2. The Bertz CT molecular complexity index is 892. The Balaban J connectivity index is 1.55. The predicted octanol–water partition coefficient (Wildman–Crippen LogP) is 4.12. The number of morpholine rings is 1. The van der Waals surface area contributed by atoms with E-state index in [9.17, 15) is 14.0 Å². The third-order valence-corrected chi connectivity index (χ3v) is 6.17. The summed E-state index contributed by atoms with van der Waals surface area (Å²) in [5, 5.41) is 5.24. The molecule has 2 aromatic carbocycles. The largest absolute Gasteiger partial charge is 0.378 e. The molecule has 2 amide bonds. The number of nitrogens with one attached hydrogen (secondary N) is 2. The van der Waals surface area contributed by atoms with Gasteiger partial charge in [-0.05, 0) is 49.4 Å². The lowest BCUT2D eigenvalue weighted by Gasteiger charge is -2.30. The second kappa shape index (κ2) is 10.8. The lowest BCUT2D eigenvalue weighted by Crippen LogP contribution is -2.37. The number of nitrogens with zero attached hydrogens (tertiary/aromatic N) is 1. The SMILES string of the molecule is CC(SCC(=O)Nc1ccc(F)cc1)C(=O)Nc1cc(Br)ccc1N1CCOCC1. The van der Waals surface area contributed by atoms with Gasteiger partial charge < -0.3 is 20.3 Å². The molecule has 1 saturated heterocycles. The molecule has 0 radical (unpaired) electrons. The Morgan fingerprint density at radius 2 is 1.87 bits per heavy atom. The minimum Gasteiger partial charge on any atom is -0.378 e. The first-order chi connectivity index (χ1) is 14.4. The van der Waals surface area contributed by atoms with E-state index in [-0.39, 0.29) is 23.4 Å². The molecular formula is C21H23BrFN3O3S. The van der Waals surface area contributed by atoms with Crippen LogP contribution >= 0.6 is 27.7 Å². The van der Waals surface area contributed by atoms with Gasteiger partial charge in [-0.15, -0.1) is 11.8 Å². The average Bonchev–Trinajstić information content (AvgIpc) is 2.74. The zero-order valence-electron chi connectivity index (χ0n) is 16.5. The number of carbonyl (C=O) groups excluding carboxylic acids is 2. The lowest BCUT2D eigenvalue weighted by molar-refractivity contribution is -0.115. The molecule has 1 atom stereocenters. The van der Waals surface area contributed by atoms with E-state index in [1.807, 2.05) is 18.2 Å². The third-order valence-electron chi connectivity index (χ3n) is 4.53. The molecule has 1 fully saturated rings. The molecule has 0 saturated carbocycles. The maximum absolute atomic E-state index is 12.9. The fraction of sp³-hybridized carbons (Fsp3) is 0.333. The molecule has 0 aliphatic carbocycles. The fourth-order valence-electron chi connectivity index (χ4n) is 2.93.